The number of benzene rings is 1. The number of likely N-dealkylation sites (tertiary alicyclic amines) is 1. The first-order valence-corrected chi connectivity index (χ1v) is 7.42. The third kappa shape index (κ3) is 4.66. The fourth-order valence-electron chi connectivity index (χ4n) is 2.58. The minimum Gasteiger partial charge on any atom is -0.390 e. The van der Waals surface area contributed by atoms with Crippen LogP contribution >= 0.6 is 11.6 Å². The van der Waals surface area contributed by atoms with Gasteiger partial charge in [0.05, 0.1) is 11.1 Å². The molecule has 21 heavy (non-hydrogen) atoms. The molecule has 1 saturated heterocycles. The zero-order valence-corrected chi connectivity index (χ0v) is 12.8. The van der Waals surface area contributed by atoms with E-state index in [1.165, 1.54) is 12.1 Å². The van der Waals surface area contributed by atoms with Gasteiger partial charge in [-0.2, -0.15) is 0 Å². The van der Waals surface area contributed by atoms with E-state index in [0.717, 1.165) is 18.5 Å². The van der Waals surface area contributed by atoms with Crippen molar-refractivity contribution in [2.75, 3.05) is 26.7 Å². The van der Waals surface area contributed by atoms with Gasteiger partial charge in [-0.1, -0.05) is 17.7 Å². The van der Waals surface area contributed by atoms with Gasteiger partial charge in [-0.05, 0) is 31.2 Å². The van der Waals surface area contributed by atoms with E-state index < -0.39 is 11.9 Å². The number of aliphatic hydroxyl groups excluding tert-OH is 1. The van der Waals surface area contributed by atoms with Gasteiger partial charge in [-0.15, -0.1) is 0 Å². The molecule has 1 aromatic carbocycles. The van der Waals surface area contributed by atoms with Gasteiger partial charge in [0.2, 0.25) is 5.91 Å². The zero-order valence-electron chi connectivity index (χ0n) is 12.1. The maximum Gasteiger partial charge on any atom is 0.222 e. The lowest BCUT2D eigenvalue weighted by atomic mass is 10.2. The van der Waals surface area contributed by atoms with Gasteiger partial charge in [0.1, 0.15) is 5.82 Å². The van der Waals surface area contributed by atoms with Crippen LogP contribution in [0.4, 0.5) is 4.39 Å². The largest absolute Gasteiger partial charge is 0.390 e. The van der Waals surface area contributed by atoms with Crippen LogP contribution in [0.2, 0.25) is 5.02 Å². The van der Waals surface area contributed by atoms with Crippen LogP contribution in [0.3, 0.4) is 0 Å². The van der Waals surface area contributed by atoms with Crippen LogP contribution in [-0.4, -0.2) is 53.6 Å². The Morgan fingerprint density at radius 2 is 2.29 bits per heavy atom. The van der Waals surface area contributed by atoms with E-state index in [2.05, 4.69) is 0 Å². The molecule has 1 aliphatic heterocycles. The number of rotatable bonds is 6. The van der Waals surface area contributed by atoms with E-state index in [0.29, 0.717) is 26.1 Å². The molecule has 1 N–H and O–H groups in total. The Balaban J connectivity index is 1.81. The van der Waals surface area contributed by atoms with Gasteiger partial charge < -0.3 is 10.0 Å². The first-order chi connectivity index (χ1) is 9.95. The molecule has 0 radical (unpaired) electrons. The summed E-state index contributed by atoms with van der Waals surface area (Å²) in [5.41, 5.74) is 0.795. The zero-order chi connectivity index (χ0) is 15.4. The van der Waals surface area contributed by atoms with Crippen molar-refractivity contribution in [1.29, 1.82) is 0 Å². The first kappa shape index (κ1) is 16.2. The fraction of sp³-hybridized carbons (Fsp3) is 0.533. The van der Waals surface area contributed by atoms with Crippen molar-refractivity contribution in [3.63, 3.8) is 0 Å². The summed E-state index contributed by atoms with van der Waals surface area (Å²) in [6.45, 7) is 2.02. The summed E-state index contributed by atoms with van der Waals surface area (Å²) in [6, 6.07) is 4.69. The number of β-amino-alcohol motifs (C(OH)–C–C–N with tert-alkyl or cyclic N) is 1. The number of carbonyl (C=O) groups is 1. The molecule has 0 aliphatic carbocycles. The molecule has 0 saturated carbocycles. The summed E-state index contributed by atoms with van der Waals surface area (Å²) in [4.78, 5) is 15.1. The molecule has 1 fully saturated rings. The third-order valence-electron chi connectivity index (χ3n) is 3.56. The van der Waals surface area contributed by atoms with Crippen molar-refractivity contribution in [3.8, 4) is 0 Å². The molecule has 116 valence electrons. The second-order valence-electron chi connectivity index (χ2n) is 5.54. The van der Waals surface area contributed by atoms with Crippen molar-refractivity contribution in [2.24, 2.45) is 0 Å². The Labute approximate surface area is 129 Å². The molecule has 1 atom stereocenters. The van der Waals surface area contributed by atoms with Gasteiger partial charge in [0.15, 0.2) is 0 Å². The highest BCUT2D eigenvalue weighted by Gasteiger charge is 2.23. The molecular formula is C15H20ClFN2O2. The van der Waals surface area contributed by atoms with Crippen molar-refractivity contribution in [2.45, 2.75) is 25.5 Å². The predicted octanol–water partition coefficient (Wildman–Crippen LogP) is 1.89. The van der Waals surface area contributed by atoms with Crippen molar-refractivity contribution < 1.29 is 14.3 Å². The Kier molecular flexibility index (Phi) is 5.56. The molecule has 1 unspecified atom stereocenters. The fourth-order valence-corrected chi connectivity index (χ4v) is 2.70. The molecule has 1 aromatic rings. The number of amides is 1. The van der Waals surface area contributed by atoms with E-state index >= 15 is 0 Å². The maximum atomic E-state index is 13.4. The molecule has 0 bridgehead atoms. The van der Waals surface area contributed by atoms with Crippen LogP contribution in [-0.2, 0) is 11.3 Å². The average molecular weight is 315 g/mol. The molecule has 0 spiro atoms. The number of hydrogen-bond donors (Lipinski definition) is 1. The number of aliphatic hydroxyl groups is 1. The lowest BCUT2D eigenvalue weighted by molar-refractivity contribution is -0.129. The first-order valence-electron chi connectivity index (χ1n) is 7.04. The molecule has 0 aromatic heterocycles. The lowest BCUT2D eigenvalue weighted by Gasteiger charge is -2.24. The van der Waals surface area contributed by atoms with E-state index in [-0.39, 0.29) is 10.9 Å². The van der Waals surface area contributed by atoms with Crippen LogP contribution in [0.15, 0.2) is 18.2 Å². The third-order valence-corrected chi connectivity index (χ3v) is 3.87. The molecule has 2 rings (SSSR count). The van der Waals surface area contributed by atoms with E-state index in [4.69, 9.17) is 11.6 Å². The number of carbonyl (C=O) groups excluding carboxylic acids is 1. The highest BCUT2D eigenvalue weighted by atomic mass is 35.5. The summed E-state index contributed by atoms with van der Waals surface area (Å²) in [7, 11) is 1.85. The van der Waals surface area contributed by atoms with E-state index in [1.807, 2.05) is 11.9 Å². The summed E-state index contributed by atoms with van der Waals surface area (Å²) in [5, 5.41) is 10.1. The quantitative estimate of drug-likeness (QED) is 0.872. The molecule has 1 aliphatic rings. The molecule has 1 heterocycles. The average Bonchev–Trinajstić information content (AvgIpc) is 2.79. The number of likely N-dealkylation sites (N-methyl/N-ethyl adjacent to an activating group) is 1. The minimum absolute atomic E-state index is 0.106. The normalized spacial score (nSPS) is 16.8. The highest BCUT2D eigenvalue weighted by Crippen LogP contribution is 2.16. The topological polar surface area (TPSA) is 43.8 Å². The summed E-state index contributed by atoms with van der Waals surface area (Å²) >= 11 is 5.64. The SMILES string of the molecule is CN(Cc1ccc(Cl)c(F)c1)CC(O)CN1CCCC1=O. The van der Waals surface area contributed by atoms with E-state index in [1.54, 1.807) is 11.0 Å². The minimum atomic E-state index is -0.603. The second-order valence-corrected chi connectivity index (χ2v) is 5.95. The summed E-state index contributed by atoms with van der Waals surface area (Å²) in [5.74, 6) is -0.331. The Bertz CT molecular complexity index is 512. The highest BCUT2D eigenvalue weighted by molar-refractivity contribution is 6.30. The Hall–Kier alpha value is -1.17. The van der Waals surface area contributed by atoms with E-state index in [9.17, 15) is 14.3 Å². The maximum absolute atomic E-state index is 13.4. The van der Waals surface area contributed by atoms with Gasteiger partial charge >= 0.3 is 0 Å². The molecular weight excluding hydrogens is 295 g/mol. The standard InChI is InChI=1S/C15H20ClFN2O2/c1-18(8-11-4-5-13(16)14(17)7-11)9-12(20)10-19-6-2-3-15(19)21/h4-5,7,12,20H,2-3,6,8-10H2,1H3. The summed E-state index contributed by atoms with van der Waals surface area (Å²) < 4.78 is 13.4. The van der Waals surface area contributed by atoms with Crippen LogP contribution < -0.4 is 0 Å². The monoisotopic (exact) mass is 314 g/mol. The van der Waals surface area contributed by atoms with Gasteiger partial charge in [-0.25, -0.2) is 4.39 Å². The van der Waals surface area contributed by atoms with Crippen LogP contribution in [0.25, 0.3) is 0 Å². The number of nitrogens with zero attached hydrogens (tertiary/aromatic N) is 2. The Morgan fingerprint density at radius 3 is 2.90 bits per heavy atom. The van der Waals surface area contributed by atoms with Crippen molar-refractivity contribution >= 4 is 17.5 Å². The summed E-state index contributed by atoms with van der Waals surface area (Å²) in [6.07, 6.45) is 0.840. The van der Waals surface area contributed by atoms with Crippen LogP contribution in [0, 0.1) is 5.82 Å². The lowest BCUT2D eigenvalue weighted by Crippen LogP contribution is -2.39. The Morgan fingerprint density at radius 1 is 1.52 bits per heavy atom. The van der Waals surface area contributed by atoms with Crippen molar-refractivity contribution in [3.05, 3.63) is 34.6 Å². The van der Waals surface area contributed by atoms with Crippen LogP contribution in [0.5, 0.6) is 0 Å². The molecule has 1 amide bonds. The predicted molar refractivity (Wildman–Crippen MR) is 79.6 cm³/mol. The number of halogens is 2. The molecule has 6 heteroatoms. The van der Waals surface area contributed by atoms with Gasteiger partial charge in [0.25, 0.3) is 0 Å². The second kappa shape index (κ2) is 7.20. The smallest absolute Gasteiger partial charge is 0.222 e. The molecule has 4 nitrogen and oxygen atoms in total. The van der Waals surface area contributed by atoms with Gasteiger partial charge in [0, 0.05) is 32.6 Å². The van der Waals surface area contributed by atoms with Crippen molar-refractivity contribution in [1.82, 2.24) is 9.80 Å². The van der Waals surface area contributed by atoms with Crippen LogP contribution in [0.1, 0.15) is 18.4 Å². The van der Waals surface area contributed by atoms with Gasteiger partial charge in [-0.3, -0.25) is 9.69 Å². The number of hydrogen-bond acceptors (Lipinski definition) is 3.